The molecule has 0 unspecified atom stereocenters. The number of likely N-dealkylation sites (tertiary alicyclic amines) is 1. The monoisotopic (exact) mass is 340 g/mol. The van der Waals surface area contributed by atoms with Crippen LogP contribution in [-0.4, -0.2) is 34.7 Å². The first kappa shape index (κ1) is 13.8. The van der Waals surface area contributed by atoms with Crippen LogP contribution in [0.25, 0.3) is 11.7 Å². The zero-order valence-electron chi connectivity index (χ0n) is 11.1. The summed E-state index contributed by atoms with van der Waals surface area (Å²) < 4.78 is 11.7. The molecule has 2 aromatic rings. The molecule has 20 heavy (non-hydrogen) atoms. The Labute approximate surface area is 125 Å². The van der Waals surface area contributed by atoms with Crippen molar-refractivity contribution in [2.75, 3.05) is 19.6 Å². The molecule has 0 bridgehead atoms. The average molecular weight is 341 g/mol. The van der Waals surface area contributed by atoms with Crippen LogP contribution in [0.1, 0.15) is 18.7 Å². The minimum absolute atomic E-state index is 0.419. The van der Waals surface area contributed by atoms with Gasteiger partial charge in [-0.15, -0.1) is 10.2 Å². The van der Waals surface area contributed by atoms with Gasteiger partial charge in [0.15, 0.2) is 10.4 Å². The Morgan fingerprint density at radius 1 is 1.25 bits per heavy atom. The van der Waals surface area contributed by atoms with Crippen LogP contribution in [0.15, 0.2) is 25.6 Å². The number of halogens is 1. The van der Waals surface area contributed by atoms with Gasteiger partial charge in [-0.25, -0.2) is 0 Å². The first-order chi connectivity index (χ1) is 9.74. The number of hydrogen-bond donors (Lipinski definition) is 1. The lowest BCUT2D eigenvalue weighted by Gasteiger charge is -2.30. The summed E-state index contributed by atoms with van der Waals surface area (Å²) in [5, 5.41) is 8.10. The van der Waals surface area contributed by atoms with E-state index in [2.05, 4.69) is 31.0 Å². The highest BCUT2D eigenvalue weighted by Gasteiger charge is 2.20. The van der Waals surface area contributed by atoms with Crippen LogP contribution in [-0.2, 0) is 6.54 Å². The number of nitrogens with zero attached hydrogens (tertiary/aromatic N) is 3. The Morgan fingerprint density at radius 2 is 2.05 bits per heavy atom. The molecular formula is C13H17BrN4O2. The molecule has 0 aromatic carbocycles. The second kappa shape index (κ2) is 6.07. The normalized spacial score (nSPS) is 17.7. The molecule has 108 valence electrons. The predicted octanol–water partition coefficient (Wildman–Crippen LogP) is 2.26. The van der Waals surface area contributed by atoms with Crippen LogP contribution >= 0.6 is 15.9 Å². The molecule has 0 saturated carbocycles. The number of rotatable bonds is 4. The van der Waals surface area contributed by atoms with Gasteiger partial charge >= 0.3 is 0 Å². The molecule has 1 fully saturated rings. The zero-order valence-corrected chi connectivity index (χ0v) is 12.7. The van der Waals surface area contributed by atoms with Crippen LogP contribution in [0.2, 0.25) is 0 Å². The molecule has 0 spiro atoms. The van der Waals surface area contributed by atoms with Crippen molar-refractivity contribution in [3.8, 4) is 11.7 Å². The maximum atomic E-state index is 5.70. The number of hydrogen-bond acceptors (Lipinski definition) is 6. The van der Waals surface area contributed by atoms with E-state index in [1.54, 1.807) is 12.1 Å². The largest absolute Gasteiger partial charge is 0.444 e. The van der Waals surface area contributed by atoms with Crippen molar-refractivity contribution in [3.63, 3.8) is 0 Å². The summed E-state index contributed by atoms with van der Waals surface area (Å²) in [5.41, 5.74) is 5.70. The molecule has 1 saturated heterocycles. The fraction of sp³-hybridized carbons (Fsp3) is 0.538. The number of furan rings is 1. The van der Waals surface area contributed by atoms with Gasteiger partial charge in [0.25, 0.3) is 5.89 Å². The van der Waals surface area contributed by atoms with Crippen molar-refractivity contribution < 1.29 is 8.83 Å². The Hall–Kier alpha value is -1.18. The van der Waals surface area contributed by atoms with Crippen LogP contribution in [0.4, 0.5) is 0 Å². The standard InChI is InChI=1S/C13H17BrN4O2/c14-11-2-1-10(19-11)13-17-16-12(20-13)8-18-5-3-9(7-15)4-6-18/h1-2,9H,3-8,15H2. The van der Waals surface area contributed by atoms with E-state index in [1.165, 1.54) is 0 Å². The average Bonchev–Trinajstić information content (AvgIpc) is 3.09. The summed E-state index contributed by atoms with van der Waals surface area (Å²) in [7, 11) is 0. The third-order valence-corrected chi connectivity index (χ3v) is 4.08. The molecule has 6 nitrogen and oxygen atoms in total. The molecule has 0 aliphatic carbocycles. The minimum atomic E-state index is 0.419. The van der Waals surface area contributed by atoms with Gasteiger partial charge < -0.3 is 14.6 Å². The van der Waals surface area contributed by atoms with E-state index in [1.807, 2.05) is 0 Å². The van der Waals surface area contributed by atoms with Gasteiger partial charge in [-0.2, -0.15) is 0 Å². The third-order valence-electron chi connectivity index (χ3n) is 3.65. The summed E-state index contributed by atoms with van der Waals surface area (Å²) in [6.07, 6.45) is 2.28. The molecule has 3 heterocycles. The fourth-order valence-corrected chi connectivity index (χ4v) is 2.72. The first-order valence-corrected chi connectivity index (χ1v) is 7.54. The lowest BCUT2D eigenvalue weighted by Crippen LogP contribution is -2.35. The SMILES string of the molecule is NCC1CCN(Cc2nnc(-c3ccc(Br)o3)o2)CC1. The summed E-state index contributed by atoms with van der Waals surface area (Å²) in [5.74, 6) is 2.28. The smallest absolute Gasteiger partial charge is 0.283 e. The van der Waals surface area contributed by atoms with Crippen molar-refractivity contribution in [1.29, 1.82) is 0 Å². The zero-order chi connectivity index (χ0) is 13.9. The van der Waals surface area contributed by atoms with Gasteiger partial charge in [0.1, 0.15) is 0 Å². The highest BCUT2D eigenvalue weighted by molar-refractivity contribution is 9.10. The highest BCUT2D eigenvalue weighted by atomic mass is 79.9. The van der Waals surface area contributed by atoms with Crippen molar-refractivity contribution >= 4 is 15.9 Å². The van der Waals surface area contributed by atoms with Crippen LogP contribution in [0.3, 0.4) is 0 Å². The van der Waals surface area contributed by atoms with E-state index in [4.69, 9.17) is 14.6 Å². The predicted molar refractivity (Wildman–Crippen MR) is 76.8 cm³/mol. The van der Waals surface area contributed by atoms with Gasteiger partial charge in [-0.05, 0) is 66.5 Å². The van der Waals surface area contributed by atoms with Gasteiger partial charge in [-0.3, -0.25) is 4.90 Å². The lowest BCUT2D eigenvalue weighted by molar-refractivity contribution is 0.167. The number of aromatic nitrogens is 2. The maximum Gasteiger partial charge on any atom is 0.283 e. The summed E-state index contributed by atoms with van der Waals surface area (Å²) in [4.78, 5) is 2.32. The Balaban J connectivity index is 1.60. The van der Waals surface area contributed by atoms with Gasteiger partial charge in [-0.1, -0.05) is 0 Å². The molecule has 1 aliphatic heterocycles. The van der Waals surface area contributed by atoms with Crippen molar-refractivity contribution in [3.05, 3.63) is 22.7 Å². The van der Waals surface area contributed by atoms with Gasteiger partial charge in [0.2, 0.25) is 5.89 Å². The van der Waals surface area contributed by atoms with Crippen LogP contribution < -0.4 is 5.73 Å². The van der Waals surface area contributed by atoms with E-state index in [-0.39, 0.29) is 0 Å². The van der Waals surface area contributed by atoms with E-state index < -0.39 is 0 Å². The van der Waals surface area contributed by atoms with E-state index >= 15 is 0 Å². The van der Waals surface area contributed by atoms with E-state index in [0.717, 1.165) is 32.5 Å². The first-order valence-electron chi connectivity index (χ1n) is 6.75. The molecule has 0 amide bonds. The maximum absolute atomic E-state index is 5.70. The third kappa shape index (κ3) is 3.11. The summed E-state index contributed by atoms with van der Waals surface area (Å²) in [6.45, 7) is 3.54. The Bertz CT molecular complexity index is 560. The molecule has 3 rings (SSSR count). The second-order valence-corrected chi connectivity index (χ2v) is 5.84. The van der Waals surface area contributed by atoms with Crippen molar-refractivity contribution in [2.24, 2.45) is 11.7 Å². The Kier molecular flexibility index (Phi) is 4.18. The van der Waals surface area contributed by atoms with Crippen molar-refractivity contribution in [2.45, 2.75) is 19.4 Å². The molecule has 7 heteroatoms. The Morgan fingerprint density at radius 3 is 2.70 bits per heavy atom. The lowest BCUT2D eigenvalue weighted by atomic mass is 9.97. The molecular weight excluding hydrogens is 324 g/mol. The van der Waals surface area contributed by atoms with E-state index in [0.29, 0.717) is 34.7 Å². The van der Waals surface area contributed by atoms with Gasteiger partial charge in [0.05, 0.1) is 6.54 Å². The second-order valence-electron chi connectivity index (χ2n) is 5.06. The quantitative estimate of drug-likeness (QED) is 0.919. The van der Waals surface area contributed by atoms with E-state index in [9.17, 15) is 0 Å². The number of nitrogens with two attached hydrogens (primary N) is 1. The van der Waals surface area contributed by atoms with Crippen molar-refractivity contribution in [1.82, 2.24) is 15.1 Å². The number of piperidine rings is 1. The van der Waals surface area contributed by atoms with Crippen LogP contribution in [0.5, 0.6) is 0 Å². The fourth-order valence-electron chi connectivity index (χ4n) is 2.42. The molecule has 0 atom stereocenters. The van der Waals surface area contributed by atoms with Crippen LogP contribution in [0, 0.1) is 5.92 Å². The molecule has 0 radical (unpaired) electrons. The topological polar surface area (TPSA) is 81.3 Å². The molecule has 2 N–H and O–H groups in total. The summed E-state index contributed by atoms with van der Waals surface area (Å²) in [6, 6.07) is 3.60. The summed E-state index contributed by atoms with van der Waals surface area (Å²) >= 11 is 3.25. The van der Waals surface area contributed by atoms with Gasteiger partial charge in [0, 0.05) is 0 Å². The highest BCUT2D eigenvalue weighted by Crippen LogP contribution is 2.24. The minimum Gasteiger partial charge on any atom is -0.444 e. The molecule has 1 aliphatic rings. The molecule has 2 aromatic heterocycles.